The quantitative estimate of drug-likeness (QED) is 0.508. The van der Waals surface area contributed by atoms with Gasteiger partial charge in [-0.1, -0.05) is 12.1 Å². The molecule has 230 valence electrons. The second-order valence-corrected chi connectivity index (χ2v) is 9.21. The van der Waals surface area contributed by atoms with Crippen LogP contribution in [0.25, 0.3) is 0 Å². The Bertz CT molecular complexity index is 1250. The topological polar surface area (TPSA) is 131 Å². The number of likely N-dealkylation sites (N-methyl/N-ethyl adjacent to an activating group) is 1. The number of likely N-dealkylation sites (tertiary alicyclic amines) is 1. The smallest absolute Gasteiger partial charge is 0.475 e. The molecule has 1 aromatic heterocycles. The molecular weight excluding hydrogens is 585 g/mol. The van der Waals surface area contributed by atoms with Crippen molar-refractivity contribution in [3.63, 3.8) is 0 Å². The van der Waals surface area contributed by atoms with Crippen LogP contribution in [0.1, 0.15) is 12.1 Å². The molecule has 1 aromatic carbocycles. The van der Waals surface area contributed by atoms with Crippen LogP contribution in [-0.4, -0.2) is 99.9 Å². The van der Waals surface area contributed by atoms with Crippen molar-refractivity contribution in [1.29, 1.82) is 0 Å². The summed E-state index contributed by atoms with van der Waals surface area (Å²) in [6.45, 7) is 1.88. The summed E-state index contributed by atoms with van der Waals surface area (Å²) in [5.74, 6) is -5.90. The number of pyridine rings is 1. The minimum absolute atomic E-state index is 0.0400. The van der Waals surface area contributed by atoms with E-state index in [0.29, 0.717) is 25.3 Å². The fourth-order valence-electron chi connectivity index (χ4n) is 4.12. The minimum atomic E-state index is -5.08. The van der Waals surface area contributed by atoms with Crippen molar-refractivity contribution in [3.8, 4) is 0 Å². The molecule has 3 heterocycles. The molecule has 17 heteroatoms. The Hall–Kier alpha value is -4.28. The number of nitrogens with zero attached hydrogens (tertiary/aromatic N) is 4. The average molecular weight is 610 g/mol. The SMILES string of the molecule is CN1CC(=O)N(c2cccc(F)c2)CC12CCN(C(=O)Cc1ccccn1)C2.O=C(O)C(F)(F)F.O=C(O)C(F)(F)F. The standard InChI is InChI=1S/C21H23FN4O2.2C2HF3O2/c1-24-13-20(28)26(18-7-4-5-16(22)11-18)15-21(24)8-10-25(14-21)19(27)12-17-6-2-3-9-23-17;2*3-2(4,5)1(6)7/h2-7,9,11H,8,10,12-15H2,1H3;2*(H,6,7). The van der Waals surface area contributed by atoms with E-state index in [2.05, 4.69) is 4.98 Å². The molecule has 0 aliphatic carbocycles. The Balaban J connectivity index is 0.000000367. The summed E-state index contributed by atoms with van der Waals surface area (Å²) in [5, 5.41) is 14.2. The normalized spacial score (nSPS) is 19.0. The largest absolute Gasteiger partial charge is 0.490 e. The van der Waals surface area contributed by atoms with Crippen molar-refractivity contribution < 1.29 is 60.1 Å². The highest BCUT2D eigenvalue weighted by atomic mass is 19.4. The first kappa shape index (κ1) is 33.9. The van der Waals surface area contributed by atoms with Crippen molar-refractivity contribution in [2.24, 2.45) is 0 Å². The molecule has 0 radical (unpaired) electrons. The van der Waals surface area contributed by atoms with E-state index in [0.717, 1.165) is 12.1 Å². The van der Waals surface area contributed by atoms with Crippen molar-refractivity contribution in [2.45, 2.75) is 30.7 Å². The number of carbonyl (C=O) groups excluding carboxylic acids is 2. The number of anilines is 1. The van der Waals surface area contributed by atoms with Gasteiger partial charge >= 0.3 is 24.3 Å². The molecule has 0 bridgehead atoms. The Labute approximate surface area is 233 Å². The van der Waals surface area contributed by atoms with Gasteiger partial charge in [0.05, 0.1) is 18.5 Å². The lowest BCUT2D eigenvalue weighted by atomic mass is 9.92. The van der Waals surface area contributed by atoms with E-state index in [1.54, 1.807) is 23.2 Å². The summed E-state index contributed by atoms with van der Waals surface area (Å²) in [5.41, 5.74) is 0.998. The first-order valence-electron chi connectivity index (χ1n) is 11.9. The molecule has 1 unspecified atom stereocenters. The van der Waals surface area contributed by atoms with Gasteiger partial charge in [0.15, 0.2) is 0 Å². The van der Waals surface area contributed by atoms with E-state index in [-0.39, 0.29) is 36.1 Å². The summed E-state index contributed by atoms with van der Waals surface area (Å²) < 4.78 is 77.1. The number of carboxylic acids is 2. The van der Waals surface area contributed by atoms with E-state index < -0.39 is 24.3 Å². The predicted octanol–water partition coefficient (Wildman–Crippen LogP) is 2.98. The third kappa shape index (κ3) is 9.39. The highest BCUT2D eigenvalue weighted by Gasteiger charge is 2.48. The number of amides is 2. The van der Waals surface area contributed by atoms with Gasteiger partial charge in [-0.15, -0.1) is 0 Å². The fraction of sp³-hybridized carbons (Fsp3) is 0.400. The zero-order chi connectivity index (χ0) is 31.9. The number of carboxylic acid groups (broad SMARTS) is 2. The van der Waals surface area contributed by atoms with Crippen molar-refractivity contribution in [2.75, 3.05) is 38.1 Å². The van der Waals surface area contributed by atoms with E-state index in [9.17, 15) is 40.3 Å². The van der Waals surface area contributed by atoms with Crippen LogP contribution in [-0.2, 0) is 25.6 Å². The lowest BCUT2D eigenvalue weighted by Gasteiger charge is -2.46. The van der Waals surface area contributed by atoms with Gasteiger partial charge in [0.2, 0.25) is 11.8 Å². The number of alkyl halides is 6. The third-order valence-corrected chi connectivity index (χ3v) is 6.28. The maximum absolute atomic E-state index is 13.7. The average Bonchev–Trinajstić information content (AvgIpc) is 3.32. The van der Waals surface area contributed by atoms with Crippen LogP contribution in [0.5, 0.6) is 0 Å². The number of halogens is 7. The van der Waals surface area contributed by atoms with Crippen LogP contribution in [0.3, 0.4) is 0 Å². The summed E-state index contributed by atoms with van der Waals surface area (Å²) in [4.78, 5) is 52.9. The predicted molar refractivity (Wildman–Crippen MR) is 131 cm³/mol. The second-order valence-electron chi connectivity index (χ2n) is 9.21. The van der Waals surface area contributed by atoms with Crippen molar-refractivity contribution in [3.05, 3.63) is 60.2 Å². The van der Waals surface area contributed by atoms with Crippen molar-refractivity contribution >= 4 is 29.4 Å². The maximum Gasteiger partial charge on any atom is 0.490 e. The van der Waals surface area contributed by atoms with Gasteiger partial charge in [0.25, 0.3) is 0 Å². The second kappa shape index (κ2) is 13.6. The fourth-order valence-corrected chi connectivity index (χ4v) is 4.12. The third-order valence-electron chi connectivity index (χ3n) is 6.28. The molecular formula is C25H25F7N4O6. The minimum Gasteiger partial charge on any atom is -0.475 e. The molecule has 2 aliphatic rings. The number of aromatic nitrogens is 1. The summed E-state index contributed by atoms with van der Waals surface area (Å²) in [7, 11) is 1.92. The highest BCUT2D eigenvalue weighted by Crippen LogP contribution is 2.33. The number of piperazine rings is 1. The number of benzene rings is 1. The molecule has 2 N–H and O–H groups in total. The van der Waals surface area contributed by atoms with Crippen LogP contribution in [0.2, 0.25) is 0 Å². The molecule has 2 aromatic rings. The van der Waals surface area contributed by atoms with E-state index in [1.807, 2.05) is 35.0 Å². The number of hydrogen-bond donors (Lipinski definition) is 2. The number of aliphatic carboxylic acids is 2. The molecule has 2 aliphatic heterocycles. The van der Waals surface area contributed by atoms with Crippen LogP contribution < -0.4 is 4.90 Å². The van der Waals surface area contributed by atoms with Gasteiger partial charge < -0.3 is 20.0 Å². The van der Waals surface area contributed by atoms with Gasteiger partial charge in [0.1, 0.15) is 5.82 Å². The van der Waals surface area contributed by atoms with Crippen LogP contribution in [0, 0.1) is 5.82 Å². The highest BCUT2D eigenvalue weighted by molar-refractivity contribution is 5.96. The first-order chi connectivity index (χ1) is 19.4. The Kier molecular flexibility index (Phi) is 11.0. The molecule has 0 saturated carbocycles. The molecule has 10 nitrogen and oxygen atoms in total. The van der Waals surface area contributed by atoms with Gasteiger partial charge in [-0.05, 0) is 43.8 Å². The summed E-state index contributed by atoms with van der Waals surface area (Å²) >= 11 is 0. The van der Waals surface area contributed by atoms with Crippen molar-refractivity contribution in [1.82, 2.24) is 14.8 Å². The number of carbonyl (C=O) groups is 4. The lowest BCUT2D eigenvalue weighted by Crippen LogP contribution is -2.64. The maximum atomic E-state index is 13.7. The molecule has 2 amide bonds. The molecule has 42 heavy (non-hydrogen) atoms. The van der Waals surface area contributed by atoms with Gasteiger partial charge in [-0.3, -0.25) is 19.5 Å². The first-order valence-corrected chi connectivity index (χ1v) is 11.9. The van der Waals surface area contributed by atoms with E-state index in [1.165, 1.54) is 12.1 Å². The lowest BCUT2D eigenvalue weighted by molar-refractivity contribution is -0.193. The van der Waals surface area contributed by atoms with Gasteiger partial charge in [-0.2, -0.15) is 26.3 Å². The van der Waals surface area contributed by atoms with Crippen LogP contribution in [0.15, 0.2) is 48.7 Å². The van der Waals surface area contributed by atoms with Crippen LogP contribution >= 0.6 is 0 Å². The molecule has 2 fully saturated rings. The van der Waals surface area contributed by atoms with E-state index >= 15 is 0 Å². The Morgan fingerprint density at radius 2 is 1.55 bits per heavy atom. The van der Waals surface area contributed by atoms with Crippen LogP contribution in [0.4, 0.5) is 36.4 Å². The molecule has 4 rings (SSSR count). The summed E-state index contributed by atoms with van der Waals surface area (Å²) in [6, 6.07) is 11.7. The number of rotatable bonds is 3. The summed E-state index contributed by atoms with van der Waals surface area (Å²) in [6.07, 6.45) is -7.44. The van der Waals surface area contributed by atoms with Gasteiger partial charge in [0, 0.05) is 37.2 Å². The zero-order valence-electron chi connectivity index (χ0n) is 21.8. The molecule has 1 spiro atoms. The Morgan fingerprint density at radius 1 is 0.952 bits per heavy atom. The van der Waals surface area contributed by atoms with E-state index in [4.69, 9.17) is 19.8 Å². The molecule has 1 atom stereocenters. The Morgan fingerprint density at radius 3 is 2.05 bits per heavy atom. The number of hydrogen-bond acceptors (Lipinski definition) is 6. The molecule has 2 saturated heterocycles. The monoisotopic (exact) mass is 610 g/mol. The van der Waals surface area contributed by atoms with Gasteiger partial charge in [-0.25, -0.2) is 14.0 Å². The zero-order valence-corrected chi connectivity index (χ0v) is 21.8.